The van der Waals surface area contributed by atoms with Crippen molar-refractivity contribution in [3.8, 4) is 5.75 Å². The van der Waals surface area contributed by atoms with Gasteiger partial charge in [0.25, 0.3) is 5.91 Å². The van der Waals surface area contributed by atoms with Gasteiger partial charge in [-0.3, -0.25) is 10.1 Å². The van der Waals surface area contributed by atoms with Gasteiger partial charge in [-0.05, 0) is 55.3 Å². The van der Waals surface area contributed by atoms with Crippen molar-refractivity contribution in [2.24, 2.45) is 16.5 Å². The van der Waals surface area contributed by atoms with Crippen LogP contribution in [0.15, 0.2) is 47.5 Å². The molecule has 0 spiro atoms. The van der Waals surface area contributed by atoms with Crippen molar-refractivity contribution in [3.63, 3.8) is 0 Å². The van der Waals surface area contributed by atoms with Gasteiger partial charge in [0.15, 0.2) is 5.96 Å². The summed E-state index contributed by atoms with van der Waals surface area (Å²) in [4.78, 5) is 26.3. The summed E-state index contributed by atoms with van der Waals surface area (Å²) in [6.45, 7) is 0. The van der Waals surface area contributed by atoms with Crippen molar-refractivity contribution < 1.29 is 9.53 Å². The molecule has 0 saturated heterocycles. The molecule has 6 N–H and O–H groups in total. The molecule has 1 saturated carbocycles. The molecule has 0 bridgehead atoms. The van der Waals surface area contributed by atoms with Crippen molar-refractivity contribution in [2.75, 3.05) is 17.7 Å². The molecule has 3 aromatic rings. The third kappa shape index (κ3) is 5.43. The maximum absolute atomic E-state index is 12.8. The maximum atomic E-state index is 12.8. The zero-order valence-electron chi connectivity index (χ0n) is 18.2. The molecule has 172 valence electrons. The van der Waals surface area contributed by atoms with Crippen molar-refractivity contribution in [3.05, 3.63) is 53.1 Å². The first-order valence-corrected chi connectivity index (χ1v) is 11.1. The summed E-state index contributed by atoms with van der Waals surface area (Å²) >= 11 is 6.24. The second-order valence-corrected chi connectivity index (χ2v) is 8.33. The molecule has 0 radical (unpaired) electrons. The van der Waals surface area contributed by atoms with E-state index in [1.807, 2.05) is 0 Å². The van der Waals surface area contributed by atoms with Crippen LogP contribution in [0, 0.1) is 0 Å². The highest BCUT2D eigenvalue weighted by Gasteiger charge is 2.26. The number of ether oxygens (including phenoxy) is 1. The minimum absolute atomic E-state index is 0.0110. The lowest BCUT2D eigenvalue weighted by atomic mass is 9.90. The number of carbonyl (C=O) groups excluding carboxylic acids is 1. The summed E-state index contributed by atoms with van der Waals surface area (Å²) in [6, 6.07) is 12.1. The Kier molecular flexibility index (Phi) is 6.79. The van der Waals surface area contributed by atoms with Gasteiger partial charge in [0.2, 0.25) is 5.95 Å². The average Bonchev–Trinajstić information content (AvgIpc) is 2.80. The molecule has 0 aliphatic heterocycles. The summed E-state index contributed by atoms with van der Waals surface area (Å²) in [5.41, 5.74) is 12.4. The monoisotopic (exact) mass is 467 g/mol. The van der Waals surface area contributed by atoms with Gasteiger partial charge < -0.3 is 21.5 Å². The number of halogens is 1. The quantitative estimate of drug-likeness (QED) is 0.321. The van der Waals surface area contributed by atoms with Crippen LogP contribution in [0.25, 0.3) is 10.9 Å². The second kappa shape index (κ2) is 9.91. The van der Waals surface area contributed by atoms with E-state index in [0.717, 1.165) is 31.1 Å². The summed E-state index contributed by atoms with van der Waals surface area (Å²) < 4.78 is 5.15. The molecule has 1 aliphatic rings. The van der Waals surface area contributed by atoms with E-state index < -0.39 is 0 Å². The van der Waals surface area contributed by atoms with Crippen LogP contribution in [0.5, 0.6) is 5.75 Å². The maximum Gasteiger partial charge on any atom is 0.258 e. The van der Waals surface area contributed by atoms with E-state index in [1.54, 1.807) is 49.6 Å². The fourth-order valence-corrected chi connectivity index (χ4v) is 4.16. The summed E-state index contributed by atoms with van der Waals surface area (Å²) in [5.74, 6) is 1.15. The zero-order chi connectivity index (χ0) is 23.4. The fourth-order valence-electron chi connectivity index (χ4n) is 3.98. The smallest absolute Gasteiger partial charge is 0.258 e. The number of rotatable bonds is 6. The first kappa shape index (κ1) is 22.6. The van der Waals surface area contributed by atoms with Crippen molar-refractivity contribution >= 4 is 46.1 Å². The Labute approximate surface area is 196 Å². The van der Waals surface area contributed by atoms with Crippen LogP contribution in [0.4, 0.5) is 11.8 Å². The van der Waals surface area contributed by atoms with Gasteiger partial charge in [0.1, 0.15) is 11.6 Å². The van der Waals surface area contributed by atoms with Gasteiger partial charge in [0, 0.05) is 16.0 Å². The second-order valence-electron chi connectivity index (χ2n) is 7.90. The molecule has 33 heavy (non-hydrogen) atoms. The van der Waals surface area contributed by atoms with E-state index in [9.17, 15) is 4.79 Å². The van der Waals surface area contributed by atoms with E-state index in [-0.39, 0.29) is 29.9 Å². The topological polar surface area (TPSA) is 141 Å². The number of nitrogens with two attached hydrogens (primary N) is 2. The minimum Gasteiger partial charge on any atom is -0.497 e. The first-order chi connectivity index (χ1) is 15.9. The number of methoxy groups -OCH3 is 1. The highest BCUT2D eigenvalue weighted by Crippen LogP contribution is 2.30. The Balaban J connectivity index is 1.65. The van der Waals surface area contributed by atoms with Crippen LogP contribution >= 0.6 is 11.6 Å². The lowest BCUT2D eigenvalue weighted by Crippen LogP contribution is -2.38. The number of fused-ring (bicyclic) bond motifs is 1. The number of anilines is 2. The SMILES string of the molecule is COc1ccc(C(=O)Nc2nc(N[C@H]3CCCC[C@H]3N=C(N)N)c3cc(Cl)ccc3n2)cc1. The number of carbonyl (C=O) groups is 1. The van der Waals surface area contributed by atoms with E-state index in [4.69, 9.17) is 27.8 Å². The molecule has 1 fully saturated rings. The highest BCUT2D eigenvalue weighted by molar-refractivity contribution is 6.31. The molecule has 1 aliphatic carbocycles. The molecule has 9 nitrogen and oxygen atoms in total. The Bertz CT molecular complexity index is 1180. The number of hydrogen-bond acceptors (Lipinski definition) is 6. The number of nitrogens with zero attached hydrogens (tertiary/aromatic N) is 3. The predicted molar refractivity (Wildman–Crippen MR) is 131 cm³/mol. The minimum atomic E-state index is -0.326. The van der Waals surface area contributed by atoms with E-state index >= 15 is 0 Å². The molecule has 4 rings (SSSR count). The molecule has 2 atom stereocenters. The lowest BCUT2D eigenvalue weighted by Gasteiger charge is -2.30. The molecule has 1 heterocycles. The van der Waals surface area contributed by atoms with Gasteiger partial charge >= 0.3 is 0 Å². The van der Waals surface area contributed by atoms with Crippen LogP contribution in [0.1, 0.15) is 36.0 Å². The molecule has 1 amide bonds. The van der Waals surface area contributed by atoms with Crippen LogP contribution in [-0.2, 0) is 0 Å². The number of aliphatic imine (C=N–C) groups is 1. The van der Waals surface area contributed by atoms with Gasteiger partial charge in [-0.15, -0.1) is 0 Å². The Hall–Kier alpha value is -3.59. The lowest BCUT2D eigenvalue weighted by molar-refractivity contribution is 0.102. The molecule has 10 heteroatoms. The molecular weight excluding hydrogens is 442 g/mol. The molecule has 1 aromatic heterocycles. The van der Waals surface area contributed by atoms with Gasteiger partial charge in [-0.25, -0.2) is 9.98 Å². The zero-order valence-corrected chi connectivity index (χ0v) is 19.0. The number of amides is 1. The van der Waals surface area contributed by atoms with Crippen molar-refractivity contribution in [1.82, 2.24) is 9.97 Å². The Morgan fingerprint density at radius 2 is 1.88 bits per heavy atom. The summed E-state index contributed by atoms with van der Waals surface area (Å²) in [7, 11) is 1.57. The number of nitrogens with one attached hydrogen (secondary N) is 2. The van der Waals surface area contributed by atoms with Gasteiger partial charge in [0.05, 0.1) is 24.7 Å². The predicted octanol–water partition coefficient (Wildman–Crippen LogP) is 3.54. The average molecular weight is 468 g/mol. The van der Waals surface area contributed by atoms with Crippen molar-refractivity contribution in [1.29, 1.82) is 0 Å². The fraction of sp³-hybridized carbons (Fsp3) is 0.304. The molecule has 0 unspecified atom stereocenters. The highest BCUT2D eigenvalue weighted by atomic mass is 35.5. The molecule has 2 aromatic carbocycles. The number of benzene rings is 2. The van der Waals surface area contributed by atoms with E-state index in [2.05, 4.69) is 25.6 Å². The third-order valence-electron chi connectivity index (χ3n) is 5.60. The molecular formula is C23H26ClN7O2. The Morgan fingerprint density at radius 3 is 2.61 bits per heavy atom. The van der Waals surface area contributed by atoms with Crippen LogP contribution in [-0.4, -0.2) is 41.0 Å². The number of hydrogen-bond donors (Lipinski definition) is 4. The third-order valence-corrected chi connectivity index (χ3v) is 5.84. The van der Waals surface area contributed by atoms with E-state index in [1.165, 1.54) is 0 Å². The first-order valence-electron chi connectivity index (χ1n) is 10.7. The van der Waals surface area contributed by atoms with Crippen LogP contribution in [0.2, 0.25) is 5.02 Å². The summed E-state index contributed by atoms with van der Waals surface area (Å²) in [6.07, 6.45) is 3.87. The number of aromatic nitrogens is 2. The van der Waals surface area contributed by atoms with Crippen LogP contribution in [0.3, 0.4) is 0 Å². The normalized spacial score (nSPS) is 17.9. The van der Waals surface area contributed by atoms with Gasteiger partial charge in [-0.2, -0.15) is 4.98 Å². The standard InChI is InChI=1S/C23H26ClN7O2/c1-33-15-9-6-13(7-10-15)21(32)31-23-29-17-11-8-14(24)12-16(17)20(30-23)27-18-4-2-3-5-19(18)28-22(25)26/h6-12,18-19H,2-5H2,1H3,(H4,25,26,28)(H2,27,29,30,31,32)/t18-,19+/m0/s1. The van der Waals surface area contributed by atoms with E-state index in [0.29, 0.717) is 27.7 Å². The summed E-state index contributed by atoms with van der Waals surface area (Å²) in [5, 5.41) is 7.57. The van der Waals surface area contributed by atoms with Crippen molar-refractivity contribution in [2.45, 2.75) is 37.8 Å². The number of guanidine groups is 1. The van der Waals surface area contributed by atoms with Gasteiger partial charge in [-0.1, -0.05) is 24.4 Å². The van der Waals surface area contributed by atoms with Crippen LogP contribution < -0.4 is 26.8 Å². The largest absolute Gasteiger partial charge is 0.497 e. The Morgan fingerprint density at radius 1 is 1.12 bits per heavy atom.